The van der Waals surface area contributed by atoms with Gasteiger partial charge in [0.25, 0.3) is 6.29 Å². The van der Waals surface area contributed by atoms with E-state index in [9.17, 15) is 9.59 Å². The van der Waals surface area contributed by atoms with Crippen molar-refractivity contribution < 1.29 is 19.1 Å². The second-order valence-corrected chi connectivity index (χ2v) is 4.54. The van der Waals surface area contributed by atoms with Crippen molar-refractivity contribution in [3.05, 3.63) is 0 Å². The summed E-state index contributed by atoms with van der Waals surface area (Å²) in [4.78, 5) is 22.8. The van der Waals surface area contributed by atoms with Gasteiger partial charge in [-0.3, -0.25) is 4.79 Å². The number of hydrogen-bond acceptors (Lipinski definition) is 4. The number of amides is 1. The molecule has 17 heavy (non-hydrogen) atoms. The van der Waals surface area contributed by atoms with E-state index in [1.807, 2.05) is 20.8 Å². The van der Waals surface area contributed by atoms with Crippen LogP contribution in [-0.2, 0) is 14.3 Å². The molecule has 0 aliphatic rings. The Bertz CT molecular complexity index is 251. The molecule has 0 aliphatic carbocycles. The highest BCUT2D eigenvalue weighted by atomic mass is 16.7. The van der Waals surface area contributed by atoms with Crippen molar-refractivity contribution in [2.75, 3.05) is 6.54 Å². The fraction of sp³-hybridized carbons (Fsp3) is 0.833. The Balaban J connectivity index is 4.24. The first kappa shape index (κ1) is 15.7. The summed E-state index contributed by atoms with van der Waals surface area (Å²) >= 11 is 0. The van der Waals surface area contributed by atoms with Crippen molar-refractivity contribution >= 4 is 12.1 Å². The van der Waals surface area contributed by atoms with Gasteiger partial charge in [0.05, 0.1) is 5.92 Å². The van der Waals surface area contributed by atoms with Crippen LogP contribution in [0, 0.1) is 11.8 Å². The van der Waals surface area contributed by atoms with Crippen molar-refractivity contribution in [3.63, 3.8) is 0 Å². The average Bonchev–Trinajstić information content (AvgIpc) is 2.24. The van der Waals surface area contributed by atoms with Crippen LogP contribution >= 0.6 is 0 Å². The summed E-state index contributed by atoms with van der Waals surface area (Å²) in [6.45, 7) is 9.60. The molecule has 0 spiro atoms. The normalized spacial score (nSPS) is 12.4. The molecule has 0 saturated carbocycles. The van der Waals surface area contributed by atoms with Gasteiger partial charge in [-0.25, -0.2) is 4.79 Å². The van der Waals surface area contributed by atoms with Gasteiger partial charge in [0.15, 0.2) is 0 Å². The van der Waals surface area contributed by atoms with Gasteiger partial charge in [-0.05, 0) is 6.42 Å². The maximum absolute atomic E-state index is 11.4. The lowest BCUT2D eigenvalue weighted by atomic mass is 10.2. The number of carbonyl (C=O) groups is 2. The molecule has 0 heterocycles. The largest absolute Gasteiger partial charge is 0.425 e. The highest BCUT2D eigenvalue weighted by molar-refractivity contribution is 5.72. The average molecular weight is 245 g/mol. The van der Waals surface area contributed by atoms with Gasteiger partial charge in [0.1, 0.15) is 0 Å². The van der Waals surface area contributed by atoms with E-state index in [0.717, 1.165) is 6.42 Å². The van der Waals surface area contributed by atoms with Gasteiger partial charge < -0.3 is 14.8 Å². The third kappa shape index (κ3) is 6.81. The van der Waals surface area contributed by atoms with E-state index in [2.05, 4.69) is 5.32 Å². The summed E-state index contributed by atoms with van der Waals surface area (Å²) < 4.78 is 10.1. The first-order chi connectivity index (χ1) is 7.88. The number of nitrogens with one attached hydrogen (secondary N) is 1. The summed E-state index contributed by atoms with van der Waals surface area (Å²) in [5.41, 5.74) is 0. The van der Waals surface area contributed by atoms with Crippen molar-refractivity contribution in [2.45, 2.75) is 47.3 Å². The minimum absolute atomic E-state index is 0.0786. The summed E-state index contributed by atoms with van der Waals surface area (Å²) in [5.74, 6) is -0.685. The summed E-state index contributed by atoms with van der Waals surface area (Å²) in [6, 6.07) is 0. The predicted molar refractivity (Wildman–Crippen MR) is 64.3 cm³/mol. The lowest BCUT2D eigenvalue weighted by Gasteiger charge is -2.22. The van der Waals surface area contributed by atoms with Crippen molar-refractivity contribution in [3.8, 4) is 0 Å². The van der Waals surface area contributed by atoms with Crippen LogP contribution in [0.4, 0.5) is 4.79 Å². The molecule has 1 N–H and O–H groups in total. The molecule has 0 radical (unpaired) electrons. The molecule has 5 heteroatoms. The molecule has 0 rings (SSSR count). The molecule has 0 aromatic rings. The Morgan fingerprint density at radius 3 is 2.12 bits per heavy atom. The van der Waals surface area contributed by atoms with Gasteiger partial charge in [-0.2, -0.15) is 0 Å². The monoisotopic (exact) mass is 245 g/mol. The molecular formula is C12H23NO4. The SMILES string of the molecule is CCCNC(=O)O[C@H](OC(=O)C(C)C)C(C)C. The third-order valence-electron chi connectivity index (χ3n) is 1.99. The van der Waals surface area contributed by atoms with Crippen LogP contribution < -0.4 is 5.32 Å². The van der Waals surface area contributed by atoms with Crippen LogP contribution in [0.5, 0.6) is 0 Å². The standard InChI is InChI=1S/C12H23NO4/c1-6-7-13-12(15)17-11(9(4)5)16-10(14)8(2)3/h8-9,11H,6-7H2,1-5H3,(H,13,15)/t11-/m0/s1. The first-order valence-corrected chi connectivity index (χ1v) is 6.03. The minimum atomic E-state index is -0.832. The van der Waals surface area contributed by atoms with E-state index in [4.69, 9.17) is 9.47 Å². The van der Waals surface area contributed by atoms with Crippen LogP contribution in [0.3, 0.4) is 0 Å². The zero-order valence-electron chi connectivity index (χ0n) is 11.3. The van der Waals surface area contributed by atoms with Gasteiger partial charge in [-0.15, -0.1) is 0 Å². The molecule has 5 nitrogen and oxygen atoms in total. The number of ether oxygens (including phenoxy) is 2. The molecule has 0 aromatic carbocycles. The lowest BCUT2D eigenvalue weighted by Crippen LogP contribution is -2.35. The second kappa shape index (κ2) is 7.92. The maximum Gasteiger partial charge on any atom is 0.410 e. The smallest absolute Gasteiger partial charge is 0.410 e. The lowest BCUT2D eigenvalue weighted by molar-refractivity contribution is -0.178. The molecule has 0 bridgehead atoms. The Hall–Kier alpha value is -1.26. The number of rotatable bonds is 6. The van der Waals surface area contributed by atoms with E-state index in [1.54, 1.807) is 13.8 Å². The van der Waals surface area contributed by atoms with E-state index in [0.29, 0.717) is 6.54 Å². The molecule has 100 valence electrons. The minimum Gasteiger partial charge on any atom is -0.425 e. The highest BCUT2D eigenvalue weighted by Crippen LogP contribution is 2.11. The van der Waals surface area contributed by atoms with Crippen LogP contribution in [0.2, 0.25) is 0 Å². The second-order valence-electron chi connectivity index (χ2n) is 4.54. The van der Waals surface area contributed by atoms with E-state index in [-0.39, 0.29) is 17.8 Å². The van der Waals surface area contributed by atoms with Crippen molar-refractivity contribution in [1.29, 1.82) is 0 Å². The zero-order chi connectivity index (χ0) is 13.4. The van der Waals surface area contributed by atoms with Gasteiger partial charge in [0, 0.05) is 12.5 Å². The topological polar surface area (TPSA) is 64.6 Å². The first-order valence-electron chi connectivity index (χ1n) is 6.03. The Morgan fingerprint density at radius 1 is 1.12 bits per heavy atom. The van der Waals surface area contributed by atoms with Crippen LogP contribution in [0.1, 0.15) is 41.0 Å². The summed E-state index contributed by atoms with van der Waals surface area (Å²) in [5, 5.41) is 2.57. The van der Waals surface area contributed by atoms with E-state index < -0.39 is 12.4 Å². The number of alkyl carbamates (subject to hydrolysis) is 1. The molecule has 0 fully saturated rings. The number of hydrogen-bond donors (Lipinski definition) is 1. The number of esters is 1. The third-order valence-corrected chi connectivity index (χ3v) is 1.99. The Morgan fingerprint density at radius 2 is 1.71 bits per heavy atom. The van der Waals surface area contributed by atoms with E-state index >= 15 is 0 Å². The Kier molecular flexibility index (Phi) is 7.34. The molecule has 0 saturated heterocycles. The van der Waals surface area contributed by atoms with Crippen LogP contribution in [0.15, 0.2) is 0 Å². The van der Waals surface area contributed by atoms with E-state index in [1.165, 1.54) is 0 Å². The van der Waals surface area contributed by atoms with Gasteiger partial charge in [0.2, 0.25) is 0 Å². The van der Waals surface area contributed by atoms with Gasteiger partial charge in [-0.1, -0.05) is 34.6 Å². The quantitative estimate of drug-likeness (QED) is 0.576. The fourth-order valence-electron chi connectivity index (χ4n) is 0.921. The van der Waals surface area contributed by atoms with Gasteiger partial charge >= 0.3 is 12.1 Å². The number of carbonyl (C=O) groups excluding carboxylic acids is 2. The molecule has 0 aliphatic heterocycles. The van der Waals surface area contributed by atoms with Crippen LogP contribution in [-0.4, -0.2) is 24.9 Å². The maximum atomic E-state index is 11.4. The Labute approximate surface area is 103 Å². The zero-order valence-corrected chi connectivity index (χ0v) is 11.3. The summed E-state index contributed by atoms with van der Waals surface area (Å²) in [6.07, 6.45) is -0.559. The predicted octanol–water partition coefficient (Wildman–Crippen LogP) is 2.30. The molecule has 0 unspecified atom stereocenters. The fourth-order valence-corrected chi connectivity index (χ4v) is 0.921. The highest BCUT2D eigenvalue weighted by Gasteiger charge is 2.23. The molecule has 0 aromatic heterocycles. The molecule has 1 amide bonds. The van der Waals surface area contributed by atoms with Crippen molar-refractivity contribution in [2.24, 2.45) is 11.8 Å². The van der Waals surface area contributed by atoms with Crippen LogP contribution in [0.25, 0.3) is 0 Å². The molecule has 1 atom stereocenters. The van der Waals surface area contributed by atoms with Crippen molar-refractivity contribution in [1.82, 2.24) is 5.32 Å². The summed E-state index contributed by atoms with van der Waals surface area (Å²) in [7, 11) is 0. The molecular weight excluding hydrogens is 222 g/mol.